The number of terminal acetylenes is 1. The summed E-state index contributed by atoms with van der Waals surface area (Å²) in [4.78, 5) is 13.2. The fourth-order valence-corrected chi connectivity index (χ4v) is 0.986. The third kappa shape index (κ3) is 3.95. The first-order valence-corrected chi connectivity index (χ1v) is 4.29. The second kappa shape index (κ2) is 5.44. The second-order valence-corrected chi connectivity index (χ2v) is 2.65. The van der Waals surface area contributed by atoms with E-state index in [4.69, 9.17) is 12.2 Å². The molecule has 0 radical (unpaired) electrons. The molecule has 0 aromatic carbocycles. The van der Waals surface area contributed by atoms with Crippen LogP contribution in [0.4, 0.5) is 16.4 Å². The molecular formula is C9H12N4O2. The van der Waals surface area contributed by atoms with Crippen molar-refractivity contribution in [3.8, 4) is 12.5 Å². The standard InChI is InChI=1S/C9H12N4O2/c1-2-11-7-3-4-8(13-7)12-5-6-15-9(10)14/h1,3-4,11-13H,5-6H2,(H2,10,14). The molecule has 0 bridgehead atoms. The number of nitrogens with one attached hydrogen (secondary N) is 3. The zero-order chi connectivity index (χ0) is 11.1. The van der Waals surface area contributed by atoms with Gasteiger partial charge in [0.05, 0.1) is 6.54 Å². The molecule has 1 aromatic heterocycles. The van der Waals surface area contributed by atoms with E-state index in [2.05, 4.69) is 26.4 Å². The van der Waals surface area contributed by atoms with E-state index in [1.165, 1.54) is 0 Å². The van der Waals surface area contributed by atoms with Crippen LogP contribution in [0.5, 0.6) is 0 Å². The number of hydrogen-bond acceptors (Lipinski definition) is 4. The maximum absolute atomic E-state index is 10.2. The second-order valence-electron chi connectivity index (χ2n) is 2.65. The van der Waals surface area contributed by atoms with Crippen LogP contribution >= 0.6 is 0 Å². The number of anilines is 2. The monoisotopic (exact) mass is 208 g/mol. The van der Waals surface area contributed by atoms with Gasteiger partial charge in [0.25, 0.3) is 0 Å². The van der Waals surface area contributed by atoms with E-state index in [1.807, 2.05) is 6.07 Å². The summed E-state index contributed by atoms with van der Waals surface area (Å²) in [5.74, 6) is 1.50. The van der Waals surface area contributed by atoms with Gasteiger partial charge < -0.3 is 26.1 Å². The van der Waals surface area contributed by atoms with Gasteiger partial charge in [0.1, 0.15) is 18.2 Å². The summed E-state index contributed by atoms with van der Waals surface area (Å²) in [5.41, 5.74) is 4.79. The molecule has 1 heterocycles. The third-order valence-electron chi connectivity index (χ3n) is 1.55. The van der Waals surface area contributed by atoms with Gasteiger partial charge in [-0.3, -0.25) is 0 Å². The smallest absolute Gasteiger partial charge is 0.404 e. The lowest BCUT2D eigenvalue weighted by Gasteiger charge is -2.03. The number of H-pyrrole nitrogens is 1. The summed E-state index contributed by atoms with van der Waals surface area (Å²) in [6.45, 7) is 0.686. The third-order valence-corrected chi connectivity index (χ3v) is 1.55. The molecule has 1 aromatic rings. The number of aromatic amines is 1. The normalized spacial score (nSPS) is 9.00. The first-order valence-electron chi connectivity index (χ1n) is 4.29. The van der Waals surface area contributed by atoms with Crippen molar-refractivity contribution < 1.29 is 9.53 Å². The number of aromatic nitrogens is 1. The SMILES string of the molecule is C#CNc1ccc(NCCOC(N)=O)[nH]1. The Morgan fingerprint density at radius 1 is 1.60 bits per heavy atom. The summed E-state index contributed by atoms with van der Waals surface area (Å²) in [5, 5.41) is 5.65. The lowest BCUT2D eigenvalue weighted by atomic mass is 10.5. The lowest BCUT2D eigenvalue weighted by molar-refractivity contribution is 0.161. The number of amides is 1. The highest BCUT2D eigenvalue weighted by atomic mass is 16.5. The maximum Gasteiger partial charge on any atom is 0.404 e. The fourth-order valence-electron chi connectivity index (χ4n) is 0.986. The average Bonchev–Trinajstić information content (AvgIpc) is 2.61. The van der Waals surface area contributed by atoms with E-state index in [0.29, 0.717) is 6.54 Å². The van der Waals surface area contributed by atoms with Gasteiger partial charge in [0.2, 0.25) is 0 Å². The van der Waals surface area contributed by atoms with E-state index in [9.17, 15) is 4.79 Å². The minimum atomic E-state index is -0.780. The van der Waals surface area contributed by atoms with Crippen LogP contribution in [0.15, 0.2) is 12.1 Å². The van der Waals surface area contributed by atoms with Crippen LogP contribution in [0.25, 0.3) is 0 Å². The summed E-state index contributed by atoms with van der Waals surface area (Å²) in [7, 11) is 0. The predicted molar refractivity (Wildman–Crippen MR) is 57.3 cm³/mol. The maximum atomic E-state index is 10.2. The van der Waals surface area contributed by atoms with Gasteiger partial charge in [-0.1, -0.05) is 6.42 Å². The van der Waals surface area contributed by atoms with Gasteiger partial charge in [-0.2, -0.15) is 0 Å². The molecule has 0 atom stereocenters. The van der Waals surface area contributed by atoms with Gasteiger partial charge in [-0.15, -0.1) is 0 Å². The summed E-state index contributed by atoms with van der Waals surface area (Å²) >= 11 is 0. The van der Waals surface area contributed by atoms with Crippen molar-refractivity contribution in [2.24, 2.45) is 5.73 Å². The number of carbonyl (C=O) groups is 1. The molecule has 80 valence electrons. The number of ether oxygens (including phenoxy) is 1. The zero-order valence-corrected chi connectivity index (χ0v) is 8.04. The van der Waals surface area contributed by atoms with Crippen molar-refractivity contribution in [2.75, 3.05) is 23.8 Å². The van der Waals surface area contributed by atoms with Gasteiger partial charge in [0, 0.05) is 6.04 Å². The molecule has 0 spiro atoms. The lowest BCUT2D eigenvalue weighted by Crippen LogP contribution is -2.18. The molecule has 6 heteroatoms. The van der Waals surface area contributed by atoms with Crippen LogP contribution in [0, 0.1) is 12.5 Å². The quantitative estimate of drug-likeness (QED) is 0.322. The molecule has 0 saturated heterocycles. The molecule has 6 nitrogen and oxygen atoms in total. The van der Waals surface area contributed by atoms with E-state index in [1.54, 1.807) is 6.07 Å². The Hall–Kier alpha value is -2.29. The number of nitrogens with two attached hydrogens (primary N) is 1. The minimum Gasteiger partial charge on any atom is -0.448 e. The van der Waals surface area contributed by atoms with Crippen LogP contribution in [-0.2, 0) is 4.74 Å². The molecule has 1 amide bonds. The number of carbonyl (C=O) groups excluding carboxylic acids is 1. The van der Waals surface area contributed by atoms with Gasteiger partial charge >= 0.3 is 6.09 Å². The molecular weight excluding hydrogens is 196 g/mol. The van der Waals surface area contributed by atoms with Crippen molar-refractivity contribution in [1.82, 2.24) is 4.98 Å². The summed E-state index contributed by atoms with van der Waals surface area (Å²) in [6, 6.07) is 5.88. The Kier molecular flexibility index (Phi) is 3.91. The van der Waals surface area contributed by atoms with Crippen LogP contribution < -0.4 is 16.4 Å². The molecule has 0 saturated carbocycles. The molecule has 5 N–H and O–H groups in total. The first-order chi connectivity index (χ1) is 7.22. The van der Waals surface area contributed by atoms with E-state index < -0.39 is 6.09 Å². The van der Waals surface area contributed by atoms with Gasteiger partial charge in [-0.25, -0.2) is 4.79 Å². The fraction of sp³-hybridized carbons (Fsp3) is 0.222. The Labute approximate surface area is 87.2 Å². The Balaban J connectivity index is 2.26. The van der Waals surface area contributed by atoms with E-state index in [-0.39, 0.29) is 6.61 Å². The van der Waals surface area contributed by atoms with Gasteiger partial charge in [-0.05, 0) is 12.1 Å². The highest BCUT2D eigenvalue weighted by Crippen LogP contribution is 2.10. The largest absolute Gasteiger partial charge is 0.448 e. The van der Waals surface area contributed by atoms with Crippen molar-refractivity contribution in [1.29, 1.82) is 0 Å². The molecule has 0 unspecified atom stereocenters. The minimum absolute atomic E-state index is 0.215. The molecule has 0 aliphatic carbocycles. The van der Waals surface area contributed by atoms with Crippen molar-refractivity contribution in [3.63, 3.8) is 0 Å². The van der Waals surface area contributed by atoms with Crippen LogP contribution in [0.3, 0.4) is 0 Å². The van der Waals surface area contributed by atoms with E-state index >= 15 is 0 Å². The van der Waals surface area contributed by atoms with Crippen LogP contribution in [0.2, 0.25) is 0 Å². The highest BCUT2D eigenvalue weighted by Gasteiger charge is 1.97. The van der Waals surface area contributed by atoms with Crippen LogP contribution in [0.1, 0.15) is 0 Å². The van der Waals surface area contributed by atoms with Crippen molar-refractivity contribution >= 4 is 17.7 Å². The average molecular weight is 208 g/mol. The number of rotatable bonds is 5. The first kappa shape index (κ1) is 10.8. The number of hydrogen-bond donors (Lipinski definition) is 4. The molecule has 0 aliphatic heterocycles. The Morgan fingerprint density at radius 3 is 3.00 bits per heavy atom. The summed E-state index contributed by atoms with van der Waals surface area (Å²) < 4.78 is 4.53. The molecule has 15 heavy (non-hydrogen) atoms. The summed E-state index contributed by atoms with van der Waals surface area (Å²) in [6.07, 6.45) is 4.27. The zero-order valence-electron chi connectivity index (χ0n) is 8.04. The molecule has 1 rings (SSSR count). The Morgan fingerprint density at radius 2 is 2.33 bits per heavy atom. The van der Waals surface area contributed by atoms with E-state index in [0.717, 1.165) is 11.6 Å². The predicted octanol–water partition coefficient (Wildman–Crippen LogP) is 0.524. The number of primary amides is 1. The van der Waals surface area contributed by atoms with Crippen molar-refractivity contribution in [3.05, 3.63) is 12.1 Å². The topological polar surface area (TPSA) is 92.2 Å². The molecule has 0 fully saturated rings. The molecule has 0 aliphatic rings. The van der Waals surface area contributed by atoms with Gasteiger partial charge in [0.15, 0.2) is 0 Å². The highest BCUT2D eigenvalue weighted by molar-refractivity contribution is 5.64. The van der Waals surface area contributed by atoms with Crippen molar-refractivity contribution in [2.45, 2.75) is 0 Å². The Bertz CT molecular complexity index is 366. The van der Waals surface area contributed by atoms with Crippen LogP contribution in [-0.4, -0.2) is 24.2 Å².